The Balaban J connectivity index is 2.39. The van der Waals surface area contributed by atoms with Gasteiger partial charge in [-0.25, -0.2) is 0 Å². The molecule has 0 saturated heterocycles. The van der Waals surface area contributed by atoms with Crippen molar-refractivity contribution in [2.75, 3.05) is 5.32 Å². The predicted molar refractivity (Wildman–Crippen MR) is 57.5 cm³/mol. The standard InChI is InChI=1S/C11H14ClN/c1-11(2)10(12)7-8-5-3-4-6-9(8)13-11/h3-6,10,13H,7H2,1-2H3. The molecule has 1 aromatic rings. The van der Waals surface area contributed by atoms with Gasteiger partial charge in [0.2, 0.25) is 0 Å². The largest absolute Gasteiger partial charge is 0.378 e. The Kier molecular flexibility index (Phi) is 1.99. The molecule has 0 amide bonds. The minimum absolute atomic E-state index is 0.00406. The van der Waals surface area contributed by atoms with Gasteiger partial charge in [0.15, 0.2) is 0 Å². The van der Waals surface area contributed by atoms with Crippen LogP contribution in [0.5, 0.6) is 0 Å². The van der Waals surface area contributed by atoms with Crippen molar-refractivity contribution in [3.8, 4) is 0 Å². The molecule has 1 aromatic carbocycles. The van der Waals surface area contributed by atoms with Gasteiger partial charge >= 0.3 is 0 Å². The van der Waals surface area contributed by atoms with E-state index in [2.05, 4.69) is 43.4 Å². The van der Waals surface area contributed by atoms with Gasteiger partial charge in [0.1, 0.15) is 0 Å². The molecule has 2 rings (SSSR count). The third-order valence-electron chi connectivity index (χ3n) is 2.66. The highest BCUT2D eigenvalue weighted by atomic mass is 35.5. The van der Waals surface area contributed by atoms with Crippen LogP contribution < -0.4 is 5.32 Å². The van der Waals surface area contributed by atoms with E-state index in [1.165, 1.54) is 11.3 Å². The number of halogens is 1. The summed E-state index contributed by atoms with van der Waals surface area (Å²) in [5, 5.41) is 3.62. The molecular weight excluding hydrogens is 182 g/mol. The van der Waals surface area contributed by atoms with Gasteiger partial charge < -0.3 is 5.32 Å². The monoisotopic (exact) mass is 195 g/mol. The number of anilines is 1. The highest BCUT2D eigenvalue weighted by molar-refractivity contribution is 6.22. The second-order valence-corrected chi connectivity index (χ2v) is 4.70. The molecule has 1 atom stereocenters. The fourth-order valence-electron chi connectivity index (χ4n) is 1.69. The zero-order valence-corrected chi connectivity index (χ0v) is 8.73. The first-order valence-electron chi connectivity index (χ1n) is 4.60. The number of fused-ring (bicyclic) bond motifs is 1. The quantitative estimate of drug-likeness (QED) is 0.628. The predicted octanol–water partition coefficient (Wildman–Crippen LogP) is 3.04. The summed E-state index contributed by atoms with van der Waals surface area (Å²) in [5.74, 6) is 0. The molecule has 0 bridgehead atoms. The van der Waals surface area contributed by atoms with Crippen LogP contribution in [0.2, 0.25) is 0 Å². The van der Waals surface area contributed by atoms with Crippen molar-refractivity contribution in [1.29, 1.82) is 0 Å². The molecule has 0 radical (unpaired) electrons. The zero-order valence-electron chi connectivity index (χ0n) is 7.97. The lowest BCUT2D eigenvalue weighted by Crippen LogP contribution is -2.45. The Hall–Kier alpha value is -0.690. The molecule has 0 aromatic heterocycles. The summed E-state index contributed by atoms with van der Waals surface area (Å²) < 4.78 is 0. The van der Waals surface area contributed by atoms with Crippen LogP contribution in [0.4, 0.5) is 5.69 Å². The Bertz CT molecular complexity index is 320. The lowest BCUT2D eigenvalue weighted by atomic mass is 9.89. The summed E-state index contributed by atoms with van der Waals surface area (Å²) in [5.41, 5.74) is 2.54. The summed E-state index contributed by atoms with van der Waals surface area (Å²) in [6.45, 7) is 4.28. The van der Waals surface area contributed by atoms with Gasteiger partial charge in [-0.2, -0.15) is 0 Å². The van der Waals surface area contributed by atoms with E-state index in [4.69, 9.17) is 11.6 Å². The Morgan fingerprint density at radius 1 is 1.38 bits per heavy atom. The summed E-state index contributed by atoms with van der Waals surface area (Å²) in [7, 11) is 0. The zero-order chi connectivity index (χ0) is 9.47. The lowest BCUT2D eigenvalue weighted by molar-refractivity contribution is 0.511. The molecule has 1 unspecified atom stereocenters. The average molecular weight is 196 g/mol. The number of rotatable bonds is 0. The molecule has 0 spiro atoms. The number of hydrogen-bond donors (Lipinski definition) is 1. The second-order valence-electron chi connectivity index (χ2n) is 4.18. The van der Waals surface area contributed by atoms with Gasteiger partial charge in [-0.1, -0.05) is 18.2 Å². The summed E-state index contributed by atoms with van der Waals surface area (Å²) >= 11 is 6.27. The molecule has 0 fully saturated rings. The van der Waals surface area contributed by atoms with Crippen LogP contribution in [0, 0.1) is 0 Å². The second kappa shape index (κ2) is 2.91. The van der Waals surface area contributed by atoms with Crippen molar-refractivity contribution in [1.82, 2.24) is 0 Å². The molecule has 1 N–H and O–H groups in total. The molecule has 0 saturated carbocycles. The van der Waals surface area contributed by atoms with Crippen LogP contribution in [-0.2, 0) is 6.42 Å². The third kappa shape index (κ3) is 1.53. The van der Waals surface area contributed by atoms with Crippen LogP contribution in [0.15, 0.2) is 24.3 Å². The van der Waals surface area contributed by atoms with Crippen molar-refractivity contribution in [3.05, 3.63) is 29.8 Å². The topological polar surface area (TPSA) is 12.0 Å². The van der Waals surface area contributed by atoms with E-state index in [0.717, 1.165) is 6.42 Å². The first kappa shape index (κ1) is 8.89. The molecule has 1 aliphatic rings. The van der Waals surface area contributed by atoms with Crippen LogP contribution in [0.3, 0.4) is 0 Å². The van der Waals surface area contributed by atoms with Crippen LogP contribution in [-0.4, -0.2) is 10.9 Å². The first-order chi connectivity index (χ1) is 6.09. The van der Waals surface area contributed by atoms with Crippen molar-refractivity contribution >= 4 is 17.3 Å². The number of para-hydroxylation sites is 1. The SMILES string of the molecule is CC1(C)Nc2ccccc2CC1Cl. The molecule has 1 aliphatic heterocycles. The number of benzene rings is 1. The summed E-state index contributed by atoms with van der Waals surface area (Å²) in [4.78, 5) is 0. The Morgan fingerprint density at radius 2 is 2.08 bits per heavy atom. The van der Waals surface area contributed by atoms with Crippen LogP contribution in [0.25, 0.3) is 0 Å². The smallest absolute Gasteiger partial charge is 0.0601 e. The fourth-order valence-corrected chi connectivity index (χ4v) is 1.91. The van der Waals surface area contributed by atoms with E-state index in [1.807, 2.05) is 0 Å². The van der Waals surface area contributed by atoms with E-state index in [9.17, 15) is 0 Å². The van der Waals surface area contributed by atoms with Crippen molar-refractivity contribution in [2.24, 2.45) is 0 Å². The Morgan fingerprint density at radius 3 is 2.85 bits per heavy atom. The summed E-state index contributed by atoms with van der Waals surface area (Å²) in [6, 6.07) is 8.35. The van der Waals surface area contributed by atoms with E-state index >= 15 is 0 Å². The fraction of sp³-hybridized carbons (Fsp3) is 0.455. The molecular formula is C11H14ClN. The highest BCUT2D eigenvalue weighted by Gasteiger charge is 2.32. The maximum atomic E-state index is 6.27. The van der Waals surface area contributed by atoms with Gasteiger partial charge in [-0.05, 0) is 31.9 Å². The van der Waals surface area contributed by atoms with Gasteiger partial charge in [0.05, 0.1) is 5.38 Å². The molecule has 13 heavy (non-hydrogen) atoms. The number of hydrogen-bond acceptors (Lipinski definition) is 1. The molecule has 1 nitrogen and oxygen atoms in total. The number of nitrogens with one attached hydrogen (secondary N) is 1. The number of alkyl halides is 1. The Labute approximate surface area is 84.1 Å². The normalized spacial score (nSPS) is 24.7. The van der Waals surface area contributed by atoms with Crippen LogP contribution >= 0.6 is 11.6 Å². The minimum atomic E-state index is -0.00406. The van der Waals surface area contributed by atoms with E-state index in [0.29, 0.717) is 0 Å². The van der Waals surface area contributed by atoms with Crippen molar-refractivity contribution in [2.45, 2.75) is 31.2 Å². The van der Waals surface area contributed by atoms with Crippen LogP contribution in [0.1, 0.15) is 19.4 Å². The van der Waals surface area contributed by atoms with E-state index < -0.39 is 0 Å². The molecule has 1 heterocycles. The molecule has 0 aliphatic carbocycles. The maximum Gasteiger partial charge on any atom is 0.0601 e. The highest BCUT2D eigenvalue weighted by Crippen LogP contribution is 2.33. The van der Waals surface area contributed by atoms with Gasteiger partial charge in [0.25, 0.3) is 0 Å². The van der Waals surface area contributed by atoms with Gasteiger partial charge in [-0.3, -0.25) is 0 Å². The van der Waals surface area contributed by atoms with Crippen molar-refractivity contribution < 1.29 is 0 Å². The van der Waals surface area contributed by atoms with Gasteiger partial charge in [0, 0.05) is 11.2 Å². The summed E-state index contributed by atoms with van der Waals surface area (Å²) in [6.07, 6.45) is 0.956. The van der Waals surface area contributed by atoms with E-state index in [-0.39, 0.29) is 10.9 Å². The molecule has 70 valence electrons. The lowest BCUT2D eigenvalue weighted by Gasteiger charge is -2.38. The van der Waals surface area contributed by atoms with Crippen molar-refractivity contribution in [3.63, 3.8) is 0 Å². The minimum Gasteiger partial charge on any atom is -0.378 e. The average Bonchev–Trinajstić information content (AvgIpc) is 2.06. The van der Waals surface area contributed by atoms with Gasteiger partial charge in [-0.15, -0.1) is 11.6 Å². The molecule has 2 heteroatoms. The maximum absolute atomic E-state index is 6.27. The van der Waals surface area contributed by atoms with E-state index in [1.54, 1.807) is 0 Å². The first-order valence-corrected chi connectivity index (χ1v) is 5.03. The third-order valence-corrected chi connectivity index (χ3v) is 3.36.